The molecular formula is C14H22N2O2. The van der Waals surface area contributed by atoms with Crippen molar-refractivity contribution in [3.63, 3.8) is 0 Å². The number of carbonyl (C=O) groups is 1. The van der Waals surface area contributed by atoms with Gasteiger partial charge in [0.25, 0.3) is 5.91 Å². The van der Waals surface area contributed by atoms with Gasteiger partial charge in [0.05, 0.1) is 0 Å². The average Bonchev–Trinajstić information content (AvgIpc) is 2.37. The zero-order valence-electron chi connectivity index (χ0n) is 11.5. The van der Waals surface area contributed by atoms with Crippen molar-refractivity contribution in [2.45, 2.75) is 19.9 Å². The number of benzene rings is 1. The van der Waals surface area contributed by atoms with Gasteiger partial charge in [0.2, 0.25) is 0 Å². The fraction of sp³-hybridized carbons (Fsp3) is 0.500. The number of nitrogens with one attached hydrogen (secondary N) is 1. The molecule has 2 unspecified atom stereocenters. The van der Waals surface area contributed by atoms with Crippen molar-refractivity contribution >= 4 is 11.6 Å². The standard InChI is InChI=1S/C14H22N2O2/c1-10(9-17)11(2)15-14(18)12-6-5-7-13(8-12)16(3)4/h5-8,10-11,17H,9H2,1-4H3,(H,15,18). The van der Waals surface area contributed by atoms with Crippen LogP contribution in [-0.2, 0) is 0 Å². The van der Waals surface area contributed by atoms with Crippen molar-refractivity contribution in [1.82, 2.24) is 5.32 Å². The summed E-state index contributed by atoms with van der Waals surface area (Å²) in [5.41, 5.74) is 1.63. The molecule has 0 saturated heterocycles. The average molecular weight is 250 g/mol. The van der Waals surface area contributed by atoms with Gasteiger partial charge in [-0.2, -0.15) is 0 Å². The third-order valence-electron chi connectivity index (χ3n) is 3.13. The van der Waals surface area contributed by atoms with Crippen LogP contribution >= 0.6 is 0 Å². The third kappa shape index (κ3) is 3.74. The molecule has 0 saturated carbocycles. The van der Waals surface area contributed by atoms with E-state index in [2.05, 4.69) is 5.32 Å². The number of anilines is 1. The Balaban J connectivity index is 2.75. The molecule has 0 heterocycles. The molecule has 0 spiro atoms. The van der Waals surface area contributed by atoms with E-state index in [0.717, 1.165) is 5.69 Å². The van der Waals surface area contributed by atoms with Gasteiger partial charge in [-0.05, 0) is 31.0 Å². The van der Waals surface area contributed by atoms with Crippen molar-refractivity contribution in [3.05, 3.63) is 29.8 Å². The number of rotatable bonds is 5. The Labute approximate surface area is 109 Å². The van der Waals surface area contributed by atoms with Crippen LogP contribution in [0.25, 0.3) is 0 Å². The number of hydrogen-bond donors (Lipinski definition) is 2. The molecule has 0 radical (unpaired) electrons. The van der Waals surface area contributed by atoms with Crippen LogP contribution in [0.2, 0.25) is 0 Å². The van der Waals surface area contributed by atoms with E-state index >= 15 is 0 Å². The topological polar surface area (TPSA) is 52.6 Å². The van der Waals surface area contributed by atoms with Crippen LogP contribution in [-0.4, -0.2) is 37.8 Å². The number of aliphatic hydroxyl groups excluding tert-OH is 1. The molecule has 18 heavy (non-hydrogen) atoms. The molecule has 2 atom stereocenters. The smallest absolute Gasteiger partial charge is 0.251 e. The highest BCUT2D eigenvalue weighted by Crippen LogP contribution is 2.13. The van der Waals surface area contributed by atoms with Gasteiger partial charge in [-0.1, -0.05) is 13.0 Å². The van der Waals surface area contributed by atoms with Crippen LogP contribution in [0.3, 0.4) is 0 Å². The van der Waals surface area contributed by atoms with Crippen molar-refractivity contribution in [3.8, 4) is 0 Å². The Kier molecular flexibility index (Phi) is 5.16. The highest BCUT2D eigenvalue weighted by Gasteiger charge is 2.15. The van der Waals surface area contributed by atoms with Gasteiger partial charge in [0.15, 0.2) is 0 Å². The molecule has 0 fully saturated rings. The lowest BCUT2D eigenvalue weighted by Crippen LogP contribution is -2.38. The summed E-state index contributed by atoms with van der Waals surface area (Å²) in [6.45, 7) is 3.87. The largest absolute Gasteiger partial charge is 0.396 e. The normalized spacial score (nSPS) is 13.8. The summed E-state index contributed by atoms with van der Waals surface area (Å²) < 4.78 is 0. The predicted molar refractivity (Wildman–Crippen MR) is 73.9 cm³/mol. The second kappa shape index (κ2) is 6.40. The lowest BCUT2D eigenvalue weighted by atomic mass is 10.0. The second-order valence-corrected chi connectivity index (χ2v) is 4.87. The van der Waals surface area contributed by atoms with Gasteiger partial charge in [-0.25, -0.2) is 0 Å². The molecule has 1 amide bonds. The molecule has 4 heteroatoms. The minimum Gasteiger partial charge on any atom is -0.396 e. The van der Waals surface area contributed by atoms with E-state index in [4.69, 9.17) is 5.11 Å². The summed E-state index contributed by atoms with van der Waals surface area (Å²) >= 11 is 0. The summed E-state index contributed by atoms with van der Waals surface area (Å²) in [5, 5.41) is 11.9. The fourth-order valence-electron chi connectivity index (χ4n) is 1.52. The Morgan fingerprint density at radius 3 is 2.61 bits per heavy atom. The molecule has 1 aromatic rings. The predicted octanol–water partition coefficient (Wildman–Crippen LogP) is 1.50. The Hall–Kier alpha value is -1.55. The van der Waals surface area contributed by atoms with E-state index in [1.165, 1.54) is 0 Å². The van der Waals surface area contributed by atoms with E-state index in [1.807, 2.05) is 51.0 Å². The molecule has 0 aliphatic carbocycles. The first-order valence-corrected chi connectivity index (χ1v) is 6.14. The first-order valence-electron chi connectivity index (χ1n) is 6.14. The van der Waals surface area contributed by atoms with Gasteiger partial charge < -0.3 is 15.3 Å². The molecule has 0 aliphatic heterocycles. The lowest BCUT2D eigenvalue weighted by molar-refractivity contribution is 0.0916. The SMILES string of the molecule is CC(CO)C(C)NC(=O)c1cccc(N(C)C)c1. The van der Waals surface area contributed by atoms with E-state index < -0.39 is 0 Å². The second-order valence-electron chi connectivity index (χ2n) is 4.87. The molecule has 4 nitrogen and oxygen atoms in total. The number of hydrogen-bond acceptors (Lipinski definition) is 3. The maximum atomic E-state index is 12.0. The highest BCUT2D eigenvalue weighted by molar-refractivity contribution is 5.95. The summed E-state index contributed by atoms with van der Waals surface area (Å²) in [4.78, 5) is 14.0. The Bertz CT molecular complexity index is 405. The highest BCUT2D eigenvalue weighted by atomic mass is 16.3. The van der Waals surface area contributed by atoms with E-state index in [0.29, 0.717) is 5.56 Å². The van der Waals surface area contributed by atoms with Crippen LogP contribution in [0.5, 0.6) is 0 Å². The first kappa shape index (κ1) is 14.5. The molecule has 1 rings (SSSR count). The minimum atomic E-state index is -0.105. The monoisotopic (exact) mass is 250 g/mol. The van der Waals surface area contributed by atoms with Crippen molar-refractivity contribution in [2.24, 2.45) is 5.92 Å². The molecule has 0 bridgehead atoms. The van der Waals surface area contributed by atoms with Crippen LogP contribution in [0.1, 0.15) is 24.2 Å². The van der Waals surface area contributed by atoms with Crippen molar-refractivity contribution < 1.29 is 9.90 Å². The molecule has 2 N–H and O–H groups in total. The molecule has 0 aromatic heterocycles. The fourth-order valence-corrected chi connectivity index (χ4v) is 1.52. The van der Waals surface area contributed by atoms with Gasteiger partial charge in [0.1, 0.15) is 0 Å². The van der Waals surface area contributed by atoms with Gasteiger partial charge in [-0.15, -0.1) is 0 Å². The Morgan fingerprint density at radius 1 is 1.39 bits per heavy atom. The van der Waals surface area contributed by atoms with E-state index in [1.54, 1.807) is 6.07 Å². The summed E-state index contributed by atoms with van der Waals surface area (Å²) in [7, 11) is 3.88. The third-order valence-corrected chi connectivity index (χ3v) is 3.13. The lowest BCUT2D eigenvalue weighted by Gasteiger charge is -2.20. The molecule has 1 aromatic carbocycles. The van der Waals surface area contributed by atoms with E-state index in [9.17, 15) is 4.79 Å². The number of aliphatic hydroxyl groups is 1. The first-order chi connectivity index (χ1) is 8.45. The molecular weight excluding hydrogens is 228 g/mol. The zero-order valence-corrected chi connectivity index (χ0v) is 11.5. The van der Waals surface area contributed by atoms with Gasteiger partial charge in [0, 0.05) is 38.0 Å². The Morgan fingerprint density at radius 2 is 2.06 bits per heavy atom. The van der Waals surface area contributed by atoms with Crippen LogP contribution in [0.4, 0.5) is 5.69 Å². The maximum absolute atomic E-state index is 12.0. The van der Waals surface area contributed by atoms with Crippen molar-refractivity contribution in [1.29, 1.82) is 0 Å². The van der Waals surface area contributed by atoms with Crippen LogP contribution in [0, 0.1) is 5.92 Å². The quantitative estimate of drug-likeness (QED) is 0.832. The molecule has 100 valence electrons. The number of amides is 1. The van der Waals surface area contributed by atoms with Gasteiger partial charge in [-0.3, -0.25) is 4.79 Å². The van der Waals surface area contributed by atoms with Crippen LogP contribution < -0.4 is 10.2 Å². The maximum Gasteiger partial charge on any atom is 0.251 e. The van der Waals surface area contributed by atoms with Crippen LogP contribution in [0.15, 0.2) is 24.3 Å². The summed E-state index contributed by atoms with van der Waals surface area (Å²) in [6, 6.07) is 7.41. The van der Waals surface area contributed by atoms with Gasteiger partial charge >= 0.3 is 0 Å². The van der Waals surface area contributed by atoms with E-state index in [-0.39, 0.29) is 24.5 Å². The summed E-state index contributed by atoms with van der Waals surface area (Å²) in [6.07, 6.45) is 0. The zero-order chi connectivity index (χ0) is 13.7. The molecule has 0 aliphatic rings. The minimum absolute atomic E-state index is 0.0472. The number of carbonyl (C=O) groups excluding carboxylic acids is 1. The van der Waals surface area contributed by atoms with Crippen molar-refractivity contribution in [2.75, 3.05) is 25.6 Å². The number of nitrogens with zero attached hydrogens (tertiary/aromatic N) is 1. The summed E-state index contributed by atoms with van der Waals surface area (Å²) in [5.74, 6) is -0.0579.